The third-order valence-corrected chi connectivity index (χ3v) is 2.54. The van der Waals surface area contributed by atoms with Crippen molar-refractivity contribution in [2.24, 2.45) is 0 Å². The standard InChI is InChI=1S/C12H21N3O/c1-3-5-6-7-8-13-12(16)11-9-14-15(4-2)10-11/h9-10H,3-8H2,1-2H3,(H,13,16). The molecule has 1 rings (SSSR count). The van der Waals surface area contributed by atoms with E-state index in [2.05, 4.69) is 17.3 Å². The first kappa shape index (κ1) is 12.7. The maximum atomic E-state index is 11.6. The molecule has 1 aromatic heterocycles. The summed E-state index contributed by atoms with van der Waals surface area (Å²) in [7, 11) is 0. The van der Waals surface area contributed by atoms with E-state index in [0.29, 0.717) is 5.56 Å². The Hall–Kier alpha value is -1.32. The van der Waals surface area contributed by atoms with Gasteiger partial charge in [-0.05, 0) is 13.3 Å². The van der Waals surface area contributed by atoms with Crippen LogP contribution in [0.5, 0.6) is 0 Å². The van der Waals surface area contributed by atoms with Gasteiger partial charge in [-0.15, -0.1) is 0 Å². The molecule has 4 heteroatoms. The molecule has 0 atom stereocenters. The summed E-state index contributed by atoms with van der Waals surface area (Å²) in [5, 5.41) is 6.97. The topological polar surface area (TPSA) is 46.9 Å². The van der Waals surface area contributed by atoms with E-state index in [-0.39, 0.29) is 5.91 Å². The summed E-state index contributed by atoms with van der Waals surface area (Å²) in [6.45, 7) is 5.73. The molecule has 1 aromatic rings. The number of hydrogen-bond donors (Lipinski definition) is 1. The molecule has 1 N–H and O–H groups in total. The normalized spacial score (nSPS) is 10.4. The Bertz CT molecular complexity index is 320. The van der Waals surface area contributed by atoms with Gasteiger partial charge in [0.25, 0.3) is 5.91 Å². The van der Waals surface area contributed by atoms with Crippen LogP contribution in [0, 0.1) is 0 Å². The molecule has 0 aliphatic rings. The zero-order valence-corrected chi connectivity index (χ0v) is 10.2. The number of nitrogens with zero attached hydrogens (tertiary/aromatic N) is 2. The highest BCUT2D eigenvalue weighted by Gasteiger charge is 2.06. The number of unbranched alkanes of at least 4 members (excludes halogenated alkanes) is 3. The van der Waals surface area contributed by atoms with E-state index in [9.17, 15) is 4.79 Å². The lowest BCUT2D eigenvalue weighted by molar-refractivity contribution is 0.0953. The number of aryl methyl sites for hydroxylation is 1. The molecular weight excluding hydrogens is 202 g/mol. The Morgan fingerprint density at radius 2 is 2.19 bits per heavy atom. The number of rotatable bonds is 7. The SMILES string of the molecule is CCCCCCNC(=O)c1cnn(CC)c1. The zero-order chi connectivity index (χ0) is 11.8. The molecule has 0 bridgehead atoms. The molecule has 0 saturated carbocycles. The van der Waals surface area contributed by atoms with E-state index in [1.165, 1.54) is 19.3 Å². The molecule has 0 spiro atoms. The minimum atomic E-state index is -0.0174. The summed E-state index contributed by atoms with van der Waals surface area (Å²) in [6.07, 6.45) is 8.10. The lowest BCUT2D eigenvalue weighted by atomic mass is 10.2. The van der Waals surface area contributed by atoms with Crippen molar-refractivity contribution in [3.8, 4) is 0 Å². The second-order valence-electron chi connectivity index (χ2n) is 3.90. The monoisotopic (exact) mass is 223 g/mol. The second-order valence-corrected chi connectivity index (χ2v) is 3.90. The first-order chi connectivity index (χ1) is 7.77. The first-order valence-electron chi connectivity index (χ1n) is 6.08. The maximum Gasteiger partial charge on any atom is 0.254 e. The van der Waals surface area contributed by atoms with Crippen LogP contribution in [0.1, 0.15) is 49.9 Å². The number of aromatic nitrogens is 2. The van der Waals surface area contributed by atoms with E-state index in [4.69, 9.17) is 0 Å². The molecule has 0 saturated heterocycles. The van der Waals surface area contributed by atoms with Gasteiger partial charge >= 0.3 is 0 Å². The molecule has 16 heavy (non-hydrogen) atoms. The highest BCUT2D eigenvalue weighted by molar-refractivity contribution is 5.93. The van der Waals surface area contributed by atoms with Gasteiger partial charge in [-0.2, -0.15) is 5.10 Å². The van der Waals surface area contributed by atoms with Crippen molar-refractivity contribution in [1.82, 2.24) is 15.1 Å². The maximum absolute atomic E-state index is 11.6. The fourth-order valence-electron chi connectivity index (χ4n) is 1.51. The molecule has 4 nitrogen and oxygen atoms in total. The molecule has 0 aliphatic carbocycles. The molecule has 0 radical (unpaired) electrons. The van der Waals surface area contributed by atoms with Crippen molar-refractivity contribution in [3.05, 3.63) is 18.0 Å². The number of hydrogen-bond acceptors (Lipinski definition) is 2. The Balaban J connectivity index is 2.24. The largest absolute Gasteiger partial charge is 0.352 e. The van der Waals surface area contributed by atoms with Gasteiger partial charge in [-0.25, -0.2) is 0 Å². The molecule has 0 aliphatic heterocycles. The average molecular weight is 223 g/mol. The van der Waals surface area contributed by atoms with Gasteiger partial charge in [0.05, 0.1) is 11.8 Å². The van der Waals surface area contributed by atoms with Crippen LogP contribution >= 0.6 is 0 Å². The summed E-state index contributed by atoms with van der Waals surface area (Å²) in [4.78, 5) is 11.6. The summed E-state index contributed by atoms with van der Waals surface area (Å²) in [6, 6.07) is 0. The molecule has 0 aromatic carbocycles. The van der Waals surface area contributed by atoms with Gasteiger partial charge in [-0.1, -0.05) is 26.2 Å². The summed E-state index contributed by atoms with van der Waals surface area (Å²) < 4.78 is 1.76. The van der Waals surface area contributed by atoms with Crippen LogP contribution in [0.15, 0.2) is 12.4 Å². The quantitative estimate of drug-likeness (QED) is 0.720. The van der Waals surface area contributed by atoms with Crippen LogP contribution in [0.25, 0.3) is 0 Å². The first-order valence-corrected chi connectivity index (χ1v) is 6.08. The van der Waals surface area contributed by atoms with Crippen molar-refractivity contribution in [1.29, 1.82) is 0 Å². The van der Waals surface area contributed by atoms with E-state index < -0.39 is 0 Å². The number of carbonyl (C=O) groups is 1. The van der Waals surface area contributed by atoms with Gasteiger partial charge in [0.15, 0.2) is 0 Å². The highest BCUT2D eigenvalue weighted by Crippen LogP contribution is 1.99. The fourth-order valence-corrected chi connectivity index (χ4v) is 1.51. The van der Waals surface area contributed by atoms with Crippen LogP contribution < -0.4 is 5.32 Å². The lowest BCUT2D eigenvalue weighted by Crippen LogP contribution is -2.24. The summed E-state index contributed by atoms with van der Waals surface area (Å²) in [5.74, 6) is -0.0174. The smallest absolute Gasteiger partial charge is 0.254 e. The van der Waals surface area contributed by atoms with Crippen molar-refractivity contribution in [3.63, 3.8) is 0 Å². The average Bonchev–Trinajstić information content (AvgIpc) is 2.77. The molecular formula is C12H21N3O. The van der Waals surface area contributed by atoms with Crippen molar-refractivity contribution in [2.75, 3.05) is 6.54 Å². The molecule has 0 unspecified atom stereocenters. The number of amides is 1. The van der Waals surface area contributed by atoms with Crippen molar-refractivity contribution in [2.45, 2.75) is 46.1 Å². The molecule has 90 valence electrons. The van der Waals surface area contributed by atoms with Gasteiger partial charge in [0.2, 0.25) is 0 Å². The van der Waals surface area contributed by atoms with Gasteiger partial charge in [0.1, 0.15) is 0 Å². The lowest BCUT2D eigenvalue weighted by Gasteiger charge is -2.02. The van der Waals surface area contributed by atoms with Gasteiger partial charge in [0, 0.05) is 19.3 Å². The Kier molecular flexibility index (Phi) is 5.61. The predicted octanol–water partition coefficient (Wildman–Crippen LogP) is 2.21. The Morgan fingerprint density at radius 3 is 2.81 bits per heavy atom. The highest BCUT2D eigenvalue weighted by atomic mass is 16.1. The summed E-state index contributed by atoms with van der Waals surface area (Å²) in [5.41, 5.74) is 0.650. The van der Waals surface area contributed by atoms with Gasteiger partial charge < -0.3 is 5.32 Å². The van der Waals surface area contributed by atoms with Crippen LogP contribution in [0.3, 0.4) is 0 Å². The second kappa shape index (κ2) is 7.04. The van der Waals surface area contributed by atoms with E-state index in [0.717, 1.165) is 19.5 Å². The van der Waals surface area contributed by atoms with Crippen LogP contribution in [-0.4, -0.2) is 22.2 Å². The zero-order valence-electron chi connectivity index (χ0n) is 10.2. The third kappa shape index (κ3) is 4.04. The Morgan fingerprint density at radius 1 is 1.38 bits per heavy atom. The summed E-state index contributed by atoms with van der Waals surface area (Å²) >= 11 is 0. The van der Waals surface area contributed by atoms with Crippen LogP contribution in [0.4, 0.5) is 0 Å². The minimum Gasteiger partial charge on any atom is -0.352 e. The molecule has 1 heterocycles. The van der Waals surface area contributed by atoms with Gasteiger partial charge in [-0.3, -0.25) is 9.48 Å². The third-order valence-electron chi connectivity index (χ3n) is 2.54. The number of carbonyl (C=O) groups excluding carboxylic acids is 1. The number of nitrogens with one attached hydrogen (secondary N) is 1. The minimum absolute atomic E-state index is 0.0174. The fraction of sp³-hybridized carbons (Fsp3) is 0.667. The molecule has 0 fully saturated rings. The van der Waals surface area contributed by atoms with Crippen molar-refractivity contribution < 1.29 is 4.79 Å². The van der Waals surface area contributed by atoms with Crippen LogP contribution in [0.2, 0.25) is 0 Å². The Labute approximate surface area is 97.0 Å². The predicted molar refractivity (Wildman–Crippen MR) is 64.4 cm³/mol. The van der Waals surface area contributed by atoms with E-state index in [1.807, 2.05) is 6.92 Å². The van der Waals surface area contributed by atoms with Crippen molar-refractivity contribution >= 4 is 5.91 Å². The van der Waals surface area contributed by atoms with E-state index in [1.54, 1.807) is 17.1 Å². The molecule has 1 amide bonds. The van der Waals surface area contributed by atoms with Crippen LogP contribution in [-0.2, 0) is 6.54 Å². The van der Waals surface area contributed by atoms with E-state index >= 15 is 0 Å².